The molecule has 2 aromatic rings. The van der Waals surface area contributed by atoms with Gasteiger partial charge in [0.2, 0.25) is 0 Å². The first-order valence-electron chi connectivity index (χ1n) is 8.94. The van der Waals surface area contributed by atoms with Gasteiger partial charge in [0.1, 0.15) is 11.6 Å². The molecule has 0 atom stereocenters. The van der Waals surface area contributed by atoms with Crippen molar-refractivity contribution in [3.8, 4) is 5.75 Å². The van der Waals surface area contributed by atoms with Gasteiger partial charge in [-0.25, -0.2) is 9.98 Å². The van der Waals surface area contributed by atoms with E-state index >= 15 is 0 Å². The molecular formula is C19H23F3IN5O. The van der Waals surface area contributed by atoms with Crippen molar-refractivity contribution in [1.29, 1.82) is 0 Å². The molecule has 1 saturated heterocycles. The summed E-state index contributed by atoms with van der Waals surface area (Å²) < 4.78 is 40.4. The number of halogens is 4. The summed E-state index contributed by atoms with van der Waals surface area (Å²) in [5.74, 6) is 0.801. The number of hydrogen-bond donors (Lipinski definition) is 2. The Morgan fingerprint density at radius 1 is 1.17 bits per heavy atom. The van der Waals surface area contributed by atoms with Crippen LogP contribution in [0.2, 0.25) is 0 Å². The number of alkyl halides is 3. The van der Waals surface area contributed by atoms with Crippen LogP contribution >= 0.6 is 24.0 Å². The summed E-state index contributed by atoms with van der Waals surface area (Å²) in [5, 5.41) is 2.86. The molecule has 0 aliphatic carbocycles. The highest BCUT2D eigenvalue weighted by atomic mass is 127. The molecule has 0 amide bonds. The Hall–Kier alpha value is -2.24. The predicted octanol–water partition coefficient (Wildman–Crippen LogP) is 4.43. The molecule has 158 valence electrons. The number of nitrogens with one attached hydrogen (secondary N) is 1. The summed E-state index contributed by atoms with van der Waals surface area (Å²) in [6.45, 7) is 4.27. The molecule has 1 aliphatic rings. The van der Waals surface area contributed by atoms with E-state index in [0.717, 1.165) is 43.0 Å². The predicted molar refractivity (Wildman–Crippen MR) is 118 cm³/mol. The van der Waals surface area contributed by atoms with E-state index in [2.05, 4.69) is 24.9 Å². The molecule has 0 spiro atoms. The number of anilines is 2. The fourth-order valence-corrected chi connectivity index (χ4v) is 3.00. The first-order chi connectivity index (χ1) is 13.3. The lowest BCUT2D eigenvalue weighted by Gasteiger charge is -2.20. The maximum Gasteiger partial charge on any atom is 0.573 e. The number of benzene rings is 1. The Morgan fingerprint density at radius 3 is 2.45 bits per heavy atom. The van der Waals surface area contributed by atoms with Crippen molar-refractivity contribution in [3.63, 3.8) is 0 Å². The van der Waals surface area contributed by atoms with Gasteiger partial charge in [-0.2, -0.15) is 0 Å². The van der Waals surface area contributed by atoms with Crippen molar-refractivity contribution in [3.05, 3.63) is 47.7 Å². The number of aryl methyl sites for hydroxylation is 1. The average molecular weight is 521 g/mol. The lowest BCUT2D eigenvalue weighted by molar-refractivity contribution is -0.274. The highest BCUT2D eigenvalue weighted by molar-refractivity contribution is 14.0. The third-order valence-electron chi connectivity index (χ3n) is 4.28. The minimum Gasteiger partial charge on any atom is -0.406 e. The molecule has 0 radical (unpaired) electrons. The number of pyridine rings is 1. The van der Waals surface area contributed by atoms with Gasteiger partial charge in [0.25, 0.3) is 0 Å². The Kier molecular flexibility index (Phi) is 7.94. The van der Waals surface area contributed by atoms with Gasteiger partial charge in [0, 0.05) is 30.0 Å². The third-order valence-corrected chi connectivity index (χ3v) is 4.28. The molecule has 29 heavy (non-hydrogen) atoms. The summed E-state index contributed by atoms with van der Waals surface area (Å²) in [7, 11) is 0. The Bertz CT molecular complexity index is 837. The molecule has 0 unspecified atom stereocenters. The lowest BCUT2D eigenvalue weighted by Crippen LogP contribution is -2.24. The maximum absolute atomic E-state index is 12.2. The van der Waals surface area contributed by atoms with E-state index in [1.54, 1.807) is 0 Å². The Morgan fingerprint density at radius 2 is 1.83 bits per heavy atom. The second kappa shape index (κ2) is 9.99. The second-order valence-corrected chi connectivity index (χ2v) is 6.53. The van der Waals surface area contributed by atoms with Gasteiger partial charge in [-0.3, -0.25) is 0 Å². The van der Waals surface area contributed by atoms with Crippen LogP contribution in [-0.2, 0) is 6.54 Å². The minimum absolute atomic E-state index is 0. The molecule has 0 bridgehead atoms. The van der Waals surface area contributed by atoms with Crippen molar-refractivity contribution in [2.24, 2.45) is 10.7 Å². The van der Waals surface area contributed by atoms with Crippen LogP contribution < -0.4 is 20.7 Å². The number of guanidine groups is 1. The molecular weight excluding hydrogens is 498 g/mol. The highest BCUT2D eigenvalue weighted by Crippen LogP contribution is 2.25. The van der Waals surface area contributed by atoms with Gasteiger partial charge in [-0.15, -0.1) is 37.1 Å². The van der Waals surface area contributed by atoms with Crippen LogP contribution in [0.3, 0.4) is 0 Å². The van der Waals surface area contributed by atoms with Crippen LogP contribution in [0.25, 0.3) is 0 Å². The summed E-state index contributed by atoms with van der Waals surface area (Å²) in [6, 6.07) is 9.22. The standard InChI is InChI=1S/C19H22F3N5O.HI/c1-13-4-5-14(17(25-13)27-10-2-3-11-27)12-24-18(23)26-15-6-8-16(9-7-15)28-19(20,21)22;/h4-9H,2-3,10-12H2,1H3,(H3,23,24,26);1H. The van der Waals surface area contributed by atoms with Crippen molar-refractivity contribution in [1.82, 2.24) is 4.98 Å². The van der Waals surface area contributed by atoms with E-state index in [4.69, 9.17) is 5.73 Å². The zero-order valence-electron chi connectivity index (χ0n) is 15.9. The van der Waals surface area contributed by atoms with E-state index in [0.29, 0.717) is 12.2 Å². The van der Waals surface area contributed by atoms with E-state index < -0.39 is 6.36 Å². The number of aliphatic imine (C=N–C) groups is 1. The number of nitrogens with two attached hydrogens (primary N) is 1. The van der Waals surface area contributed by atoms with E-state index in [-0.39, 0.29) is 35.7 Å². The smallest absolute Gasteiger partial charge is 0.406 e. The molecule has 6 nitrogen and oxygen atoms in total. The lowest BCUT2D eigenvalue weighted by atomic mass is 10.2. The van der Waals surface area contributed by atoms with Crippen LogP contribution in [-0.4, -0.2) is 30.4 Å². The molecule has 0 saturated carbocycles. The number of aromatic nitrogens is 1. The topological polar surface area (TPSA) is 75.8 Å². The van der Waals surface area contributed by atoms with Crippen molar-refractivity contribution < 1.29 is 17.9 Å². The zero-order chi connectivity index (χ0) is 20.1. The van der Waals surface area contributed by atoms with Gasteiger partial charge < -0.3 is 20.7 Å². The van der Waals surface area contributed by atoms with Crippen LogP contribution in [0.15, 0.2) is 41.4 Å². The van der Waals surface area contributed by atoms with Gasteiger partial charge in [0.15, 0.2) is 5.96 Å². The van der Waals surface area contributed by atoms with Crippen molar-refractivity contribution in [2.45, 2.75) is 32.7 Å². The summed E-state index contributed by atoms with van der Waals surface area (Å²) in [5.41, 5.74) is 8.36. The van der Waals surface area contributed by atoms with E-state index in [1.165, 1.54) is 24.3 Å². The Labute approximate surface area is 184 Å². The first-order valence-corrected chi connectivity index (χ1v) is 8.94. The SMILES string of the molecule is Cc1ccc(CN=C(N)Nc2ccc(OC(F)(F)F)cc2)c(N2CCCC2)n1.I. The molecule has 1 aromatic carbocycles. The first kappa shape index (κ1) is 23.0. The highest BCUT2D eigenvalue weighted by Gasteiger charge is 2.30. The van der Waals surface area contributed by atoms with Crippen molar-refractivity contribution in [2.75, 3.05) is 23.3 Å². The van der Waals surface area contributed by atoms with Gasteiger partial charge in [0.05, 0.1) is 6.54 Å². The largest absolute Gasteiger partial charge is 0.573 e. The summed E-state index contributed by atoms with van der Waals surface area (Å²) >= 11 is 0. The zero-order valence-corrected chi connectivity index (χ0v) is 18.2. The quantitative estimate of drug-likeness (QED) is 0.346. The fourth-order valence-electron chi connectivity index (χ4n) is 3.00. The normalized spacial score (nSPS) is 14.5. The molecule has 3 N–H and O–H groups in total. The molecule has 10 heteroatoms. The Balaban J connectivity index is 0.00000300. The molecule has 1 aliphatic heterocycles. The average Bonchev–Trinajstić information content (AvgIpc) is 3.15. The number of rotatable bonds is 5. The number of hydrogen-bond acceptors (Lipinski definition) is 4. The number of ether oxygens (including phenoxy) is 1. The van der Waals surface area contributed by atoms with Crippen molar-refractivity contribution >= 4 is 41.4 Å². The third kappa shape index (κ3) is 6.94. The van der Waals surface area contributed by atoms with E-state index in [9.17, 15) is 13.2 Å². The summed E-state index contributed by atoms with van der Waals surface area (Å²) in [4.78, 5) is 11.2. The number of nitrogens with zero attached hydrogens (tertiary/aromatic N) is 3. The molecule has 3 rings (SSSR count). The fraction of sp³-hybridized carbons (Fsp3) is 0.368. The molecule has 2 heterocycles. The maximum atomic E-state index is 12.2. The monoisotopic (exact) mass is 521 g/mol. The molecule has 1 aromatic heterocycles. The van der Waals surface area contributed by atoms with Crippen LogP contribution in [0.5, 0.6) is 5.75 Å². The van der Waals surface area contributed by atoms with Crippen LogP contribution in [0.1, 0.15) is 24.1 Å². The van der Waals surface area contributed by atoms with Gasteiger partial charge in [-0.1, -0.05) is 6.07 Å². The minimum atomic E-state index is -4.72. The second-order valence-electron chi connectivity index (χ2n) is 6.53. The summed E-state index contributed by atoms with van der Waals surface area (Å²) in [6.07, 6.45) is -2.42. The van der Waals surface area contributed by atoms with Crippen LogP contribution in [0.4, 0.5) is 24.7 Å². The van der Waals surface area contributed by atoms with Gasteiger partial charge in [-0.05, 0) is 50.1 Å². The molecule has 1 fully saturated rings. The van der Waals surface area contributed by atoms with Crippen LogP contribution in [0, 0.1) is 6.92 Å². The van der Waals surface area contributed by atoms with E-state index in [1.807, 2.05) is 19.1 Å². The van der Waals surface area contributed by atoms with Gasteiger partial charge >= 0.3 is 6.36 Å².